The van der Waals surface area contributed by atoms with Gasteiger partial charge in [0.25, 0.3) is 0 Å². The van der Waals surface area contributed by atoms with Crippen molar-refractivity contribution in [2.75, 3.05) is 6.54 Å². The molecule has 0 aliphatic carbocycles. The van der Waals surface area contributed by atoms with Crippen LogP contribution in [-0.4, -0.2) is 18.5 Å². The third-order valence-electron chi connectivity index (χ3n) is 4.21. The van der Waals surface area contributed by atoms with E-state index in [1.807, 2.05) is 69.3 Å². The van der Waals surface area contributed by atoms with Crippen LogP contribution in [-0.2, 0) is 11.3 Å². The summed E-state index contributed by atoms with van der Waals surface area (Å²) in [4.78, 5) is 24.0. The molecule has 0 aromatic heterocycles. The van der Waals surface area contributed by atoms with Crippen molar-refractivity contribution < 1.29 is 9.59 Å². The van der Waals surface area contributed by atoms with Gasteiger partial charge in [-0.2, -0.15) is 0 Å². The molecule has 1 atom stereocenters. The van der Waals surface area contributed by atoms with E-state index in [1.54, 1.807) is 0 Å². The van der Waals surface area contributed by atoms with E-state index in [4.69, 9.17) is 0 Å². The maximum absolute atomic E-state index is 12.1. The summed E-state index contributed by atoms with van der Waals surface area (Å²) in [6.07, 6.45) is 0.786. The normalized spacial score (nSPS) is 11.5. The summed E-state index contributed by atoms with van der Waals surface area (Å²) in [7, 11) is 0. The van der Waals surface area contributed by atoms with Crippen molar-refractivity contribution in [2.45, 2.75) is 39.8 Å². The summed E-state index contributed by atoms with van der Waals surface area (Å²) in [5.41, 5.74) is 4.44. The molecule has 138 valence electrons. The minimum atomic E-state index is -0.357. The van der Waals surface area contributed by atoms with E-state index in [0.29, 0.717) is 6.54 Å². The average Bonchev–Trinajstić information content (AvgIpc) is 2.65. The number of carbonyl (C=O) groups is 2. The minimum Gasteiger partial charge on any atom is -0.348 e. The zero-order valence-electron chi connectivity index (χ0n) is 15.6. The molecule has 0 aliphatic rings. The minimum absolute atomic E-state index is 0.0535. The third-order valence-corrected chi connectivity index (χ3v) is 4.21. The molecular formula is C21H27N3O2. The lowest BCUT2D eigenvalue weighted by atomic mass is 10.0. The summed E-state index contributed by atoms with van der Waals surface area (Å²) < 4.78 is 0. The maximum atomic E-state index is 12.1. The zero-order chi connectivity index (χ0) is 18.9. The van der Waals surface area contributed by atoms with Gasteiger partial charge in [0.15, 0.2) is 0 Å². The molecule has 0 aliphatic heterocycles. The highest BCUT2D eigenvalue weighted by Gasteiger charge is 2.13. The first-order valence-electron chi connectivity index (χ1n) is 8.91. The third kappa shape index (κ3) is 6.24. The fraction of sp³-hybridized carbons (Fsp3) is 0.333. The number of urea groups is 1. The quantitative estimate of drug-likeness (QED) is 0.714. The number of benzene rings is 2. The SMILES string of the molecule is CCC(NC(=O)CNC(=O)NCc1ccc(C)cc1)c1ccc(C)cc1. The lowest BCUT2D eigenvalue weighted by Crippen LogP contribution is -2.42. The van der Waals surface area contributed by atoms with Crippen molar-refractivity contribution >= 4 is 11.9 Å². The smallest absolute Gasteiger partial charge is 0.315 e. The standard InChI is InChI=1S/C21H27N3O2/c1-4-19(18-11-7-16(3)8-12-18)24-20(25)14-23-21(26)22-13-17-9-5-15(2)6-10-17/h5-12,19H,4,13-14H2,1-3H3,(H,24,25)(H2,22,23,26). The largest absolute Gasteiger partial charge is 0.348 e. The molecule has 3 N–H and O–H groups in total. The van der Waals surface area contributed by atoms with Crippen LogP contribution in [0.4, 0.5) is 4.79 Å². The van der Waals surface area contributed by atoms with E-state index in [-0.39, 0.29) is 24.5 Å². The Labute approximate surface area is 155 Å². The lowest BCUT2D eigenvalue weighted by Gasteiger charge is -2.18. The lowest BCUT2D eigenvalue weighted by molar-refractivity contribution is -0.120. The molecule has 0 fully saturated rings. The van der Waals surface area contributed by atoms with Crippen LogP contribution < -0.4 is 16.0 Å². The first-order chi connectivity index (χ1) is 12.5. The number of carbonyl (C=O) groups excluding carboxylic acids is 2. The van der Waals surface area contributed by atoms with E-state index in [2.05, 4.69) is 16.0 Å². The molecule has 5 heteroatoms. The summed E-state index contributed by atoms with van der Waals surface area (Å²) in [6.45, 7) is 6.44. The fourth-order valence-corrected chi connectivity index (χ4v) is 2.58. The second kappa shape index (κ2) is 9.61. The second-order valence-corrected chi connectivity index (χ2v) is 6.46. The van der Waals surface area contributed by atoms with Gasteiger partial charge in [-0.05, 0) is 31.4 Å². The Kier molecular flexibility index (Phi) is 7.21. The predicted octanol–water partition coefficient (Wildman–Crippen LogP) is 3.37. The topological polar surface area (TPSA) is 70.2 Å². The van der Waals surface area contributed by atoms with Gasteiger partial charge in [-0.15, -0.1) is 0 Å². The van der Waals surface area contributed by atoms with Crippen LogP contribution in [0.1, 0.15) is 41.6 Å². The van der Waals surface area contributed by atoms with Crippen molar-refractivity contribution in [2.24, 2.45) is 0 Å². The predicted molar refractivity (Wildman–Crippen MR) is 104 cm³/mol. The summed E-state index contributed by atoms with van der Waals surface area (Å²) in [5, 5.41) is 8.30. The van der Waals surface area contributed by atoms with Crippen molar-refractivity contribution in [1.29, 1.82) is 0 Å². The molecule has 0 bridgehead atoms. The van der Waals surface area contributed by atoms with Crippen LogP contribution >= 0.6 is 0 Å². The summed E-state index contributed by atoms with van der Waals surface area (Å²) in [6, 6.07) is 15.6. The number of hydrogen-bond donors (Lipinski definition) is 3. The Morgan fingerprint density at radius 1 is 0.885 bits per heavy atom. The first-order valence-corrected chi connectivity index (χ1v) is 8.91. The molecule has 0 radical (unpaired) electrons. The Hall–Kier alpha value is -2.82. The van der Waals surface area contributed by atoms with Crippen LogP contribution in [0.15, 0.2) is 48.5 Å². The van der Waals surface area contributed by atoms with Crippen molar-refractivity contribution in [3.8, 4) is 0 Å². The summed E-state index contributed by atoms with van der Waals surface area (Å²) >= 11 is 0. The summed E-state index contributed by atoms with van der Waals surface area (Å²) in [5.74, 6) is -0.206. The van der Waals surface area contributed by atoms with Crippen LogP contribution in [0.25, 0.3) is 0 Å². The second-order valence-electron chi connectivity index (χ2n) is 6.46. The number of rotatable bonds is 7. The molecule has 0 saturated heterocycles. The van der Waals surface area contributed by atoms with E-state index in [0.717, 1.165) is 17.5 Å². The van der Waals surface area contributed by atoms with E-state index in [9.17, 15) is 9.59 Å². The Balaban J connectivity index is 1.75. The number of aryl methyl sites for hydroxylation is 2. The van der Waals surface area contributed by atoms with Crippen molar-refractivity contribution in [3.05, 3.63) is 70.8 Å². The molecule has 0 saturated carbocycles. The van der Waals surface area contributed by atoms with Gasteiger partial charge in [0.1, 0.15) is 0 Å². The molecule has 2 rings (SSSR count). The van der Waals surface area contributed by atoms with E-state index < -0.39 is 0 Å². The highest BCUT2D eigenvalue weighted by Crippen LogP contribution is 2.16. The molecule has 3 amide bonds. The van der Waals surface area contributed by atoms with Gasteiger partial charge in [-0.1, -0.05) is 66.6 Å². The molecule has 1 unspecified atom stereocenters. The van der Waals surface area contributed by atoms with Crippen LogP contribution in [0.3, 0.4) is 0 Å². The van der Waals surface area contributed by atoms with Gasteiger partial charge in [-0.25, -0.2) is 4.79 Å². The molecule has 0 heterocycles. The maximum Gasteiger partial charge on any atom is 0.315 e. The molecule has 2 aromatic carbocycles. The van der Waals surface area contributed by atoms with Gasteiger partial charge in [-0.3, -0.25) is 4.79 Å². The molecule has 26 heavy (non-hydrogen) atoms. The van der Waals surface area contributed by atoms with Gasteiger partial charge in [0.05, 0.1) is 12.6 Å². The monoisotopic (exact) mass is 353 g/mol. The van der Waals surface area contributed by atoms with Crippen LogP contribution in [0.5, 0.6) is 0 Å². The Morgan fingerprint density at radius 3 is 2.04 bits per heavy atom. The Morgan fingerprint density at radius 2 is 1.46 bits per heavy atom. The van der Waals surface area contributed by atoms with Gasteiger partial charge < -0.3 is 16.0 Å². The molecule has 5 nitrogen and oxygen atoms in total. The molecule has 2 aromatic rings. The van der Waals surface area contributed by atoms with Crippen LogP contribution in [0, 0.1) is 13.8 Å². The highest BCUT2D eigenvalue weighted by molar-refractivity contribution is 5.84. The average molecular weight is 353 g/mol. The number of hydrogen-bond acceptors (Lipinski definition) is 2. The number of amides is 3. The van der Waals surface area contributed by atoms with E-state index >= 15 is 0 Å². The molecular weight excluding hydrogens is 326 g/mol. The van der Waals surface area contributed by atoms with Gasteiger partial charge in [0, 0.05) is 6.54 Å². The number of nitrogens with one attached hydrogen (secondary N) is 3. The molecule has 0 spiro atoms. The highest BCUT2D eigenvalue weighted by atomic mass is 16.2. The van der Waals surface area contributed by atoms with E-state index in [1.165, 1.54) is 11.1 Å². The fourth-order valence-electron chi connectivity index (χ4n) is 2.58. The zero-order valence-corrected chi connectivity index (χ0v) is 15.6. The van der Waals surface area contributed by atoms with Gasteiger partial charge >= 0.3 is 6.03 Å². The Bertz CT molecular complexity index is 724. The van der Waals surface area contributed by atoms with Crippen molar-refractivity contribution in [1.82, 2.24) is 16.0 Å². The van der Waals surface area contributed by atoms with Crippen LogP contribution in [0.2, 0.25) is 0 Å². The van der Waals surface area contributed by atoms with Gasteiger partial charge in [0.2, 0.25) is 5.91 Å². The first kappa shape index (κ1) is 19.5. The van der Waals surface area contributed by atoms with Crippen molar-refractivity contribution in [3.63, 3.8) is 0 Å².